The summed E-state index contributed by atoms with van der Waals surface area (Å²) in [5.74, 6) is -0.528. The number of benzene rings is 1. The number of nitrogens with two attached hydrogens (primary N) is 1. The molecule has 2 atom stereocenters. The number of hydrogen-bond donors (Lipinski definition) is 3. The summed E-state index contributed by atoms with van der Waals surface area (Å²) in [6.45, 7) is 7.87. The van der Waals surface area contributed by atoms with Crippen LogP contribution in [0.1, 0.15) is 70.2 Å². The number of nitrogens with one attached hydrogen (secondary N) is 2. The molecular weight excluding hydrogens is 350 g/mol. The molecule has 144 valence electrons. The van der Waals surface area contributed by atoms with E-state index in [9.17, 15) is 9.59 Å². The van der Waals surface area contributed by atoms with E-state index < -0.39 is 5.54 Å². The normalized spacial score (nSPS) is 23.4. The summed E-state index contributed by atoms with van der Waals surface area (Å²) in [7, 11) is 0. The van der Waals surface area contributed by atoms with E-state index in [1.54, 1.807) is 18.2 Å². The number of carbonyl (C=O) groups is 2. The summed E-state index contributed by atoms with van der Waals surface area (Å²) in [6, 6.07) is 4.96. The zero-order valence-electron chi connectivity index (χ0n) is 16.1. The first-order valence-corrected chi connectivity index (χ1v) is 9.65. The third-order valence-corrected chi connectivity index (χ3v) is 5.70. The Bertz CT molecular complexity index is 686. The van der Waals surface area contributed by atoms with Crippen molar-refractivity contribution in [2.45, 2.75) is 70.9 Å². The van der Waals surface area contributed by atoms with Crippen molar-refractivity contribution in [2.75, 3.05) is 5.32 Å². The summed E-state index contributed by atoms with van der Waals surface area (Å²) in [6.07, 6.45) is 4.51. The van der Waals surface area contributed by atoms with Crippen LogP contribution in [0.3, 0.4) is 0 Å². The molecule has 1 aromatic rings. The fraction of sp³-hybridized carbons (Fsp3) is 0.600. The van der Waals surface area contributed by atoms with Gasteiger partial charge in [-0.3, -0.25) is 9.59 Å². The average molecular weight is 380 g/mol. The highest BCUT2D eigenvalue weighted by atomic mass is 35.5. The number of anilines is 1. The molecule has 26 heavy (non-hydrogen) atoms. The molecule has 0 spiro atoms. The van der Waals surface area contributed by atoms with Gasteiger partial charge in [0.05, 0.1) is 16.5 Å². The first kappa shape index (κ1) is 20.7. The lowest BCUT2D eigenvalue weighted by Crippen LogP contribution is -2.51. The summed E-state index contributed by atoms with van der Waals surface area (Å²) >= 11 is 6.28. The minimum Gasteiger partial charge on any atom is -0.347 e. The van der Waals surface area contributed by atoms with Crippen molar-refractivity contribution in [1.29, 1.82) is 0 Å². The van der Waals surface area contributed by atoms with Crippen LogP contribution in [0.4, 0.5) is 5.69 Å². The van der Waals surface area contributed by atoms with Crippen molar-refractivity contribution >= 4 is 29.1 Å². The number of amides is 2. The molecular formula is C20H30ClN3O2. The Balaban J connectivity index is 2.09. The Morgan fingerprint density at radius 2 is 2.04 bits per heavy atom. The topological polar surface area (TPSA) is 84.2 Å². The first-order chi connectivity index (χ1) is 12.1. The molecule has 2 unspecified atom stereocenters. The van der Waals surface area contributed by atoms with Gasteiger partial charge in [0.2, 0.25) is 5.91 Å². The van der Waals surface area contributed by atoms with Crippen molar-refractivity contribution in [3.8, 4) is 0 Å². The van der Waals surface area contributed by atoms with Crippen LogP contribution < -0.4 is 16.4 Å². The molecule has 0 saturated heterocycles. The molecule has 1 aliphatic rings. The van der Waals surface area contributed by atoms with Gasteiger partial charge >= 0.3 is 0 Å². The lowest BCUT2D eigenvalue weighted by molar-refractivity contribution is -0.122. The quantitative estimate of drug-likeness (QED) is 0.719. The van der Waals surface area contributed by atoms with E-state index in [2.05, 4.69) is 10.6 Å². The van der Waals surface area contributed by atoms with Gasteiger partial charge in [-0.15, -0.1) is 0 Å². The maximum Gasteiger partial charge on any atom is 0.253 e. The lowest BCUT2D eigenvalue weighted by atomic mass is 9.74. The van der Waals surface area contributed by atoms with E-state index >= 15 is 0 Å². The predicted molar refractivity (Wildman–Crippen MR) is 106 cm³/mol. The van der Waals surface area contributed by atoms with Crippen LogP contribution >= 0.6 is 11.6 Å². The fourth-order valence-corrected chi connectivity index (χ4v) is 3.52. The predicted octanol–water partition coefficient (Wildman–Crippen LogP) is 4.10. The monoisotopic (exact) mass is 379 g/mol. The Hall–Kier alpha value is -1.59. The van der Waals surface area contributed by atoms with Gasteiger partial charge in [-0.1, -0.05) is 31.4 Å². The van der Waals surface area contributed by atoms with Gasteiger partial charge in [-0.2, -0.15) is 0 Å². The van der Waals surface area contributed by atoms with Crippen molar-refractivity contribution in [3.05, 3.63) is 28.8 Å². The highest BCUT2D eigenvalue weighted by Crippen LogP contribution is 2.33. The second-order valence-corrected chi connectivity index (χ2v) is 8.59. The van der Waals surface area contributed by atoms with Crippen molar-refractivity contribution in [2.24, 2.45) is 11.7 Å². The minimum absolute atomic E-state index is 0.0879. The smallest absolute Gasteiger partial charge is 0.253 e. The molecule has 6 heteroatoms. The number of hydrogen-bond acceptors (Lipinski definition) is 3. The van der Waals surface area contributed by atoms with Gasteiger partial charge < -0.3 is 16.4 Å². The van der Waals surface area contributed by atoms with Crippen LogP contribution in [0.25, 0.3) is 0 Å². The first-order valence-electron chi connectivity index (χ1n) is 9.27. The molecule has 0 heterocycles. The molecule has 5 nitrogen and oxygen atoms in total. The molecule has 2 rings (SSSR count). The molecule has 1 aromatic carbocycles. The maximum atomic E-state index is 12.6. The van der Waals surface area contributed by atoms with Gasteiger partial charge in [0.25, 0.3) is 5.91 Å². The molecule has 0 aliphatic heterocycles. The second kappa shape index (κ2) is 7.97. The van der Waals surface area contributed by atoms with Crippen LogP contribution in [0.5, 0.6) is 0 Å². The Morgan fingerprint density at radius 3 is 2.62 bits per heavy atom. The van der Waals surface area contributed by atoms with Crippen LogP contribution in [-0.4, -0.2) is 22.9 Å². The highest BCUT2D eigenvalue weighted by Gasteiger charge is 2.37. The van der Waals surface area contributed by atoms with E-state index in [0.29, 0.717) is 16.3 Å². The van der Waals surface area contributed by atoms with Crippen LogP contribution in [0.2, 0.25) is 5.02 Å². The molecule has 0 radical (unpaired) electrons. The molecule has 0 bridgehead atoms. The number of rotatable bonds is 5. The molecule has 1 saturated carbocycles. The fourth-order valence-electron chi connectivity index (χ4n) is 3.26. The van der Waals surface area contributed by atoms with Gasteiger partial charge in [-0.25, -0.2) is 0 Å². The average Bonchev–Trinajstić information content (AvgIpc) is 2.53. The summed E-state index contributed by atoms with van der Waals surface area (Å²) < 4.78 is 0. The van der Waals surface area contributed by atoms with E-state index in [1.807, 2.05) is 27.7 Å². The third-order valence-electron chi connectivity index (χ3n) is 5.39. The molecule has 1 aliphatic carbocycles. The minimum atomic E-state index is -0.488. The molecule has 1 fully saturated rings. The van der Waals surface area contributed by atoms with E-state index in [-0.39, 0.29) is 23.3 Å². The van der Waals surface area contributed by atoms with E-state index in [0.717, 1.165) is 32.1 Å². The number of halogens is 1. The molecule has 0 aromatic heterocycles. The van der Waals surface area contributed by atoms with Crippen molar-refractivity contribution in [3.63, 3.8) is 0 Å². The standard InChI is InChI=1S/C20H30ClN3O2/c1-5-19(2,3)24-17(25)14-10-9-13(12-16(14)21)23-18(26)15-8-6-7-11-20(15,4)22/h9-10,12,15H,5-8,11,22H2,1-4H3,(H,23,26)(H,24,25). The van der Waals surface area contributed by atoms with Gasteiger partial charge in [0, 0.05) is 16.8 Å². The van der Waals surface area contributed by atoms with E-state index in [1.165, 1.54) is 0 Å². The Morgan fingerprint density at radius 1 is 1.35 bits per heavy atom. The van der Waals surface area contributed by atoms with Gasteiger partial charge in [0.1, 0.15) is 0 Å². The van der Waals surface area contributed by atoms with Crippen LogP contribution in [0.15, 0.2) is 18.2 Å². The van der Waals surface area contributed by atoms with Crippen LogP contribution in [-0.2, 0) is 4.79 Å². The summed E-state index contributed by atoms with van der Waals surface area (Å²) in [5, 5.41) is 6.17. The summed E-state index contributed by atoms with van der Waals surface area (Å²) in [5.41, 5.74) is 6.48. The number of carbonyl (C=O) groups excluding carboxylic acids is 2. The van der Waals surface area contributed by atoms with Crippen molar-refractivity contribution < 1.29 is 9.59 Å². The molecule has 4 N–H and O–H groups in total. The highest BCUT2D eigenvalue weighted by molar-refractivity contribution is 6.34. The molecule has 2 amide bonds. The second-order valence-electron chi connectivity index (χ2n) is 8.18. The van der Waals surface area contributed by atoms with Gasteiger partial charge in [-0.05, 0) is 58.2 Å². The van der Waals surface area contributed by atoms with Crippen LogP contribution in [0, 0.1) is 5.92 Å². The summed E-state index contributed by atoms with van der Waals surface area (Å²) in [4.78, 5) is 25.0. The maximum absolute atomic E-state index is 12.6. The SMILES string of the molecule is CCC(C)(C)NC(=O)c1ccc(NC(=O)C2CCCCC2(C)N)cc1Cl. The van der Waals surface area contributed by atoms with Gasteiger partial charge in [0.15, 0.2) is 0 Å². The largest absolute Gasteiger partial charge is 0.347 e. The zero-order chi connectivity index (χ0) is 19.5. The zero-order valence-corrected chi connectivity index (χ0v) is 16.9. The Kier molecular flexibility index (Phi) is 6.35. The third kappa shape index (κ3) is 4.98. The lowest BCUT2D eigenvalue weighted by Gasteiger charge is -2.37. The van der Waals surface area contributed by atoms with E-state index in [4.69, 9.17) is 17.3 Å². The van der Waals surface area contributed by atoms with Crippen molar-refractivity contribution in [1.82, 2.24) is 5.32 Å². The Labute approximate surface area is 161 Å².